The predicted octanol–water partition coefficient (Wildman–Crippen LogP) is 1.45. The molecule has 3 rings (SSSR count). The number of aromatic nitrogens is 2. The molecule has 1 atom stereocenters. The van der Waals surface area contributed by atoms with E-state index in [9.17, 15) is 9.59 Å². The van der Waals surface area contributed by atoms with E-state index in [1.54, 1.807) is 17.7 Å². The number of carbonyl (C=O) groups excluding carboxylic acids is 1. The average Bonchev–Trinajstić information content (AvgIpc) is 3.02. The highest BCUT2D eigenvalue weighted by molar-refractivity contribution is 7.16. The van der Waals surface area contributed by atoms with Crippen LogP contribution >= 0.6 is 11.3 Å². The first-order valence-electron chi connectivity index (χ1n) is 7.46. The van der Waals surface area contributed by atoms with Gasteiger partial charge in [0.2, 0.25) is 5.91 Å². The van der Waals surface area contributed by atoms with E-state index in [0.29, 0.717) is 6.54 Å². The first-order valence-corrected chi connectivity index (χ1v) is 8.34. The molecule has 0 bridgehead atoms. The fourth-order valence-corrected chi connectivity index (χ4v) is 3.72. The van der Waals surface area contributed by atoms with Crippen LogP contribution < -0.4 is 4.90 Å². The highest BCUT2D eigenvalue weighted by Crippen LogP contribution is 2.30. The molecule has 122 valence electrons. The Kier molecular flexibility index (Phi) is 4.42. The molecule has 1 fully saturated rings. The van der Waals surface area contributed by atoms with E-state index in [2.05, 4.69) is 14.9 Å². The van der Waals surface area contributed by atoms with Gasteiger partial charge in [0.15, 0.2) is 0 Å². The van der Waals surface area contributed by atoms with Gasteiger partial charge in [-0.1, -0.05) is 0 Å². The molecule has 0 radical (unpaired) electrons. The second-order valence-electron chi connectivity index (χ2n) is 5.71. The summed E-state index contributed by atoms with van der Waals surface area (Å²) in [6, 6.07) is 2.00. The summed E-state index contributed by atoms with van der Waals surface area (Å²) < 4.78 is 0. The van der Waals surface area contributed by atoms with Crippen LogP contribution in [-0.2, 0) is 9.59 Å². The Morgan fingerprint density at radius 3 is 3.09 bits per heavy atom. The van der Waals surface area contributed by atoms with Crippen molar-refractivity contribution >= 4 is 39.2 Å². The van der Waals surface area contributed by atoms with Crippen molar-refractivity contribution in [1.82, 2.24) is 14.9 Å². The first-order chi connectivity index (χ1) is 11.1. The summed E-state index contributed by atoms with van der Waals surface area (Å²) in [4.78, 5) is 36.2. The van der Waals surface area contributed by atoms with Crippen molar-refractivity contribution in [2.24, 2.45) is 5.92 Å². The number of hydrogen-bond donors (Lipinski definition) is 1. The van der Waals surface area contributed by atoms with Crippen LogP contribution in [0.15, 0.2) is 17.8 Å². The quantitative estimate of drug-likeness (QED) is 0.911. The van der Waals surface area contributed by atoms with Gasteiger partial charge in [0.25, 0.3) is 0 Å². The van der Waals surface area contributed by atoms with Gasteiger partial charge in [-0.05, 0) is 24.3 Å². The molecule has 1 aliphatic heterocycles. The molecule has 1 aliphatic rings. The van der Waals surface area contributed by atoms with E-state index in [0.717, 1.165) is 35.4 Å². The zero-order chi connectivity index (χ0) is 16.4. The van der Waals surface area contributed by atoms with E-state index in [-0.39, 0.29) is 18.4 Å². The summed E-state index contributed by atoms with van der Waals surface area (Å²) in [5.41, 5.74) is 0. The van der Waals surface area contributed by atoms with Crippen LogP contribution in [0, 0.1) is 5.92 Å². The number of fused-ring (bicyclic) bond motifs is 1. The largest absolute Gasteiger partial charge is 0.480 e. The normalized spacial score (nSPS) is 18.1. The number of carboxylic acids is 1. The molecule has 0 aliphatic carbocycles. The Labute approximate surface area is 137 Å². The van der Waals surface area contributed by atoms with Gasteiger partial charge in [-0.2, -0.15) is 0 Å². The van der Waals surface area contributed by atoms with E-state index < -0.39 is 5.97 Å². The highest BCUT2D eigenvalue weighted by Gasteiger charge is 2.30. The van der Waals surface area contributed by atoms with Crippen molar-refractivity contribution in [1.29, 1.82) is 0 Å². The lowest BCUT2D eigenvalue weighted by Gasteiger charge is -2.34. The van der Waals surface area contributed by atoms with Crippen molar-refractivity contribution in [3.8, 4) is 0 Å². The molecule has 7 nitrogen and oxygen atoms in total. The third-order valence-electron chi connectivity index (χ3n) is 4.06. The number of thiophene rings is 1. The van der Waals surface area contributed by atoms with Crippen LogP contribution in [0.1, 0.15) is 12.8 Å². The Bertz CT molecular complexity index is 732. The van der Waals surface area contributed by atoms with Gasteiger partial charge in [-0.25, -0.2) is 9.97 Å². The number of piperidine rings is 1. The minimum atomic E-state index is -0.996. The fourth-order valence-electron chi connectivity index (χ4n) is 2.99. The van der Waals surface area contributed by atoms with Crippen molar-refractivity contribution in [2.75, 3.05) is 31.6 Å². The number of anilines is 1. The van der Waals surface area contributed by atoms with Gasteiger partial charge >= 0.3 is 5.97 Å². The Balaban J connectivity index is 1.77. The molecule has 1 saturated heterocycles. The van der Waals surface area contributed by atoms with Crippen LogP contribution in [0.5, 0.6) is 0 Å². The van der Waals surface area contributed by atoms with Crippen molar-refractivity contribution in [3.05, 3.63) is 17.8 Å². The van der Waals surface area contributed by atoms with E-state index in [1.165, 1.54) is 11.9 Å². The second kappa shape index (κ2) is 6.49. The van der Waals surface area contributed by atoms with Crippen LogP contribution in [0.4, 0.5) is 5.82 Å². The lowest BCUT2D eigenvalue weighted by molar-refractivity contribution is -0.145. The molecule has 1 amide bonds. The lowest BCUT2D eigenvalue weighted by atomic mass is 9.96. The minimum Gasteiger partial charge on any atom is -0.480 e. The number of nitrogens with zero attached hydrogens (tertiary/aromatic N) is 4. The molecule has 2 aromatic rings. The molecule has 23 heavy (non-hydrogen) atoms. The van der Waals surface area contributed by atoms with Crippen molar-refractivity contribution in [2.45, 2.75) is 12.8 Å². The topological polar surface area (TPSA) is 86.6 Å². The van der Waals surface area contributed by atoms with Crippen molar-refractivity contribution in [3.63, 3.8) is 0 Å². The number of hydrogen-bond acceptors (Lipinski definition) is 6. The summed E-state index contributed by atoms with van der Waals surface area (Å²) in [6.45, 7) is 1.14. The van der Waals surface area contributed by atoms with Gasteiger partial charge in [-0.3, -0.25) is 9.59 Å². The third-order valence-corrected chi connectivity index (χ3v) is 4.88. The second-order valence-corrected chi connectivity index (χ2v) is 6.60. The van der Waals surface area contributed by atoms with E-state index in [1.807, 2.05) is 11.4 Å². The summed E-state index contributed by atoms with van der Waals surface area (Å²) >= 11 is 1.57. The van der Waals surface area contributed by atoms with Gasteiger partial charge in [0.05, 0.1) is 11.3 Å². The summed E-state index contributed by atoms with van der Waals surface area (Å²) in [7, 11) is 1.54. The summed E-state index contributed by atoms with van der Waals surface area (Å²) in [6.07, 6.45) is 3.21. The molecule has 8 heteroatoms. The molecule has 3 heterocycles. The SMILES string of the molecule is CN(CC(=O)O)C(=O)[C@@H]1CCCN(c2ncnc3sccc23)C1. The smallest absolute Gasteiger partial charge is 0.323 e. The Morgan fingerprint density at radius 1 is 1.48 bits per heavy atom. The number of carboxylic acid groups (broad SMARTS) is 1. The fraction of sp³-hybridized carbons (Fsp3) is 0.467. The maximum atomic E-state index is 12.4. The molecule has 2 aromatic heterocycles. The maximum Gasteiger partial charge on any atom is 0.323 e. The first kappa shape index (κ1) is 15.7. The number of likely N-dealkylation sites (N-methyl/N-ethyl adjacent to an activating group) is 1. The molecule has 0 spiro atoms. The van der Waals surface area contributed by atoms with E-state index in [4.69, 9.17) is 5.11 Å². The monoisotopic (exact) mass is 334 g/mol. The molecular weight excluding hydrogens is 316 g/mol. The molecular formula is C15H18N4O3S. The highest BCUT2D eigenvalue weighted by atomic mass is 32.1. The van der Waals surface area contributed by atoms with Crippen molar-refractivity contribution < 1.29 is 14.7 Å². The molecule has 1 N–H and O–H groups in total. The number of amides is 1. The van der Waals surface area contributed by atoms with Gasteiger partial charge in [-0.15, -0.1) is 11.3 Å². The Hall–Kier alpha value is -2.22. The molecule has 0 unspecified atom stereocenters. The van der Waals surface area contributed by atoms with Crippen LogP contribution in [0.2, 0.25) is 0 Å². The summed E-state index contributed by atoms with van der Waals surface area (Å²) in [5.74, 6) is -0.455. The molecule has 0 aromatic carbocycles. The minimum absolute atomic E-state index is 0.118. The van der Waals surface area contributed by atoms with Crippen LogP contribution in [0.25, 0.3) is 10.2 Å². The molecule has 0 saturated carbocycles. The zero-order valence-electron chi connectivity index (χ0n) is 12.8. The lowest BCUT2D eigenvalue weighted by Crippen LogP contribution is -2.45. The van der Waals surface area contributed by atoms with Gasteiger partial charge in [0, 0.05) is 20.1 Å². The van der Waals surface area contributed by atoms with E-state index >= 15 is 0 Å². The Morgan fingerprint density at radius 2 is 2.30 bits per heavy atom. The number of carbonyl (C=O) groups is 2. The van der Waals surface area contributed by atoms with Crippen LogP contribution in [-0.4, -0.2) is 58.5 Å². The predicted molar refractivity (Wildman–Crippen MR) is 87.6 cm³/mol. The third kappa shape index (κ3) is 3.26. The summed E-state index contributed by atoms with van der Waals surface area (Å²) in [5, 5.41) is 11.8. The zero-order valence-corrected chi connectivity index (χ0v) is 13.6. The number of aliphatic carboxylic acids is 1. The number of rotatable bonds is 4. The van der Waals surface area contributed by atoms with Gasteiger partial charge in [0.1, 0.15) is 23.5 Å². The van der Waals surface area contributed by atoms with Crippen LogP contribution in [0.3, 0.4) is 0 Å². The van der Waals surface area contributed by atoms with Gasteiger partial charge < -0.3 is 14.9 Å². The standard InChI is InChI=1S/C15H18N4O3S/c1-18(8-12(20)21)15(22)10-3-2-5-19(7-10)13-11-4-6-23-14(11)17-9-16-13/h4,6,9-10H,2-3,5,7-8H2,1H3,(H,20,21)/t10-/m1/s1. The maximum absolute atomic E-state index is 12.4. The average molecular weight is 334 g/mol.